The highest BCUT2D eigenvalue weighted by Gasteiger charge is 2.16. The Hall–Kier alpha value is -2.67. The topological polar surface area (TPSA) is 93.5 Å². The van der Waals surface area contributed by atoms with Crippen LogP contribution in [0.4, 0.5) is 0 Å². The maximum atomic E-state index is 11.7. The van der Waals surface area contributed by atoms with Crippen LogP contribution in [0.2, 0.25) is 0 Å². The van der Waals surface area contributed by atoms with Gasteiger partial charge in [0.05, 0.1) is 12.2 Å². The van der Waals surface area contributed by atoms with E-state index in [-0.39, 0.29) is 6.79 Å². The molecule has 2 aromatic carbocycles. The van der Waals surface area contributed by atoms with E-state index in [0.29, 0.717) is 42.4 Å². The second-order valence-electron chi connectivity index (χ2n) is 5.38. The minimum Gasteiger partial charge on any atom is -0.493 e. The van der Waals surface area contributed by atoms with Gasteiger partial charge in [0.1, 0.15) is 11.5 Å². The zero-order chi connectivity index (χ0) is 19.3. The zero-order valence-corrected chi connectivity index (χ0v) is 15.9. The summed E-state index contributed by atoms with van der Waals surface area (Å²) < 4.78 is 16.3. The lowest BCUT2D eigenvalue weighted by Crippen LogP contribution is -2.07. The van der Waals surface area contributed by atoms with Crippen LogP contribution in [-0.2, 0) is 10.5 Å². The van der Waals surface area contributed by atoms with Crippen LogP contribution in [0.1, 0.15) is 22.3 Å². The Bertz CT molecular complexity index is 780. The lowest BCUT2D eigenvalue weighted by molar-refractivity contribution is 0.0504. The number of hydrogen-bond donors (Lipinski definition) is 0. The predicted molar refractivity (Wildman–Crippen MR) is 104 cm³/mol. The van der Waals surface area contributed by atoms with Crippen molar-refractivity contribution in [3.63, 3.8) is 0 Å². The van der Waals surface area contributed by atoms with Gasteiger partial charge in [-0.1, -0.05) is 23.3 Å². The molecule has 0 saturated heterocycles. The zero-order valence-electron chi connectivity index (χ0n) is 15.0. The third-order valence-electron chi connectivity index (χ3n) is 3.57. The van der Waals surface area contributed by atoms with Gasteiger partial charge in [0.2, 0.25) is 0 Å². The van der Waals surface area contributed by atoms with Gasteiger partial charge in [-0.15, -0.1) is 11.8 Å². The van der Waals surface area contributed by atoms with Crippen LogP contribution in [0.3, 0.4) is 0 Å². The van der Waals surface area contributed by atoms with Crippen LogP contribution in [0, 0.1) is 0 Å². The van der Waals surface area contributed by atoms with Crippen molar-refractivity contribution in [2.75, 3.05) is 27.1 Å². The number of benzene rings is 2. The summed E-state index contributed by atoms with van der Waals surface area (Å²) in [4.78, 5) is 15.6. The Labute approximate surface area is 162 Å². The van der Waals surface area contributed by atoms with Crippen molar-refractivity contribution in [1.82, 2.24) is 0 Å². The molecule has 0 aromatic heterocycles. The van der Waals surface area contributed by atoms with Crippen molar-refractivity contribution in [3.05, 3.63) is 64.0 Å². The maximum Gasteiger partial charge on any atom is 0.188 e. The highest BCUT2D eigenvalue weighted by molar-refractivity contribution is 7.98. The Morgan fingerprint density at radius 3 is 2.63 bits per heavy atom. The standard InChI is InChI=1S/C19H21N3O4S/c1-24-14-26-18-8-9-19(25-11-5-10-21-22-20)17(16(18)12-23)13-27-15-6-3-2-4-7-15/h2-4,6-9,12H,5,10-11,13-14H2,1H3. The van der Waals surface area contributed by atoms with E-state index in [1.54, 1.807) is 23.9 Å². The summed E-state index contributed by atoms with van der Waals surface area (Å²) in [5.74, 6) is 1.62. The van der Waals surface area contributed by atoms with Gasteiger partial charge < -0.3 is 14.2 Å². The molecule has 0 aliphatic carbocycles. The highest BCUT2D eigenvalue weighted by Crippen LogP contribution is 2.34. The van der Waals surface area contributed by atoms with Crippen molar-refractivity contribution >= 4 is 18.0 Å². The van der Waals surface area contributed by atoms with Crippen LogP contribution in [0.25, 0.3) is 10.4 Å². The number of ether oxygens (including phenoxy) is 3. The number of nitrogens with zero attached hydrogens (tertiary/aromatic N) is 3. The molecule has 8 heteroatoms. The first kappa shape index (κ1) is 20.6. The second-order valence-corrected chi connectivity index (χ2v) is 6.43. The first-order valence-electron chi connectivity index (χ1n) is 8.34. The largest absolute Gasteiger partial charge is 0.493 e. The van der Waals surface area contributed by atoms with E-state index in [2.05, 4.69) is 10.0 Å². The molecule has 0 heterocycles. The maximum absolute atomic E-state index is 11.7. The molecule has 0 atom stereocenters. The molecule has 0 unspecified atom stereocenters. The number of thioether (sulfide) groups is 1. The summed E-state index contributed by atoms with van der Waals surface area (Å²) >= 11 is 1.60. The third-order valence-corrected chi connectivity index (χ3v) is 4.61. The Balaban J connectivity index is 2.21. The van der Waals surface area contributed by atoms with Crippen molar-refractivity contribution in [2.45, 2.75) is 17.1 Å². The van der Waals surface area contributed by atoms with Crippen molar-refractivity contribution in [1.29, 1.82) is 0 Å². The number of methoxy groups -OCH3 is 1. The molecule has 0 radical (unpaired) electrons. The van der Waals surface area contributed by atoms with E-state index < -0.39 is 0 Å². The average molecular weight is 387 g/mol. The molecular formula is C19H21N3O4S. The third kappa shape index (κ3) is 6.53. The van der Waals surface area contributed by atoms with Gasteiger partial charge in [-0.2, -0.15) is 0 Å². The van der Waals surface area contributed by atoms with Crippen LogP contribution >= 0.6 is 11.8 Å². The highest BCUT2D eigenvalue weighted by atomic mass is 32.2. The lowest BCUT2D eigenvalue weighted by atomic mass is 10.1. The molecule has 0 aliphatic heterocycles. The fourth-order valence-corrected chi connectivity index (χ4v) is 3.28. The minimum absolute atomic E-state index is 0.0540. The molecule has 27 heavy (non-hydrogen) atoms. The molecule has 2 aromatic rings. The summed E-state index contributed by atoms with van der Waals surface area (Å²) in [6.45, 7) is 0.803. The van der Waals surface area contributed by atoms with Gasteiger partial charge in [-0.3, -0.25) is 4.79 Å². The van der Waals surface area contributed by atoms with E-state index in [0.717, 1.165) is 16.7 Å². The molecule has 7 nitrogen and oxygen atoms in total. The molecule has 0 fully saturated rings. The van der Waals surface area contributed by atoms with E-state index in [4.69, 9.17) is 19.7 Å². The van der Waals surface area contributed by atoms with Crippen LogP contribution < -0.4 is 9.47 Å². The molecular weight excluding hydrogens is 366 g/mol. The van der Waals surface area contributed by atoms with Gasteiger partial charge >= 0.3 is 0 Å². The first-order chi connectivity index (χ1) is 13.3. The van der Waals surface area contributed by atoms with Gasteiger partial charge in [0.25, 0.3) is 0 Å². The minimum atomic E-state index is 0.0540. The summed E-state index contributed by atoms with van der Waals surface area (Å²) in [6.07, 6.45) is 1.37. The summed E-state index contributed by atoms with van der Waals surface area (Å²) in [7, 11) is 1.52. The Kier molecular flexibility index (Phi) is 9.06. The fraction of sp³-hybridized carbons (Fsp3) is 0.316. The molecule has 142 valence electrons. The molecule has 0 saturated carbocycles. The summed E-state index contributed by atoms with van der Waals surface area (Å²) in [6, 6.07) is 13.4. The number of carbonyl (C=O) groups is 1. The lowest BCUT2D eigenvalue weighted by Gasteiger charge is -2.16. The summed E-state index contributed by atoms with van der Waals surface area (Å²) in [5.41, 5.74) is 9.53. The molecule has 0 spiro atoms. The average Bonchev–Trinajstić information content (AvgIpc) is 2.71. The first-order valence-corrected chi connectivity index (χ1v) is 9.33. The van der Waals surface area contributed by atoms with E-state index in [9.17, 15) is 4.79 Å². The monoisotopic (exact) mass is 387 g/mol. The number of azide groups is 1. The predicted octanol–water partition coefficient (Wildman–Crippen LogP) is 4.85. The van der Waals surface area contributed by atoms with E-state index in [1.807, 2.05) is 30.3 Å². The molecule has 0 aliphatic rings. The smallest absolute Gasteiger partial charge is 0.188 e. The fourth-order valence-electron chi connectivity index (χ4n) is 2.32. The molecule has 0 amide bonds. The van der Waals surface area contributed by atoms with E-state index >= 15 is 0 Å². The van der Waals surface area contributed by atoms with Crippen molar-refractivity contribution < 1.29 is 19.0 Å². The Morgan fingerprint density at radius 1 is 1.15 bits per heavy atom. The quantitative estimate of drug-likeness (QED) is 0.0986. The van der Waals surface area contributed by atoms with Gasteiger partial charge in [-0.05, 0) is 36.2 Å². The molecule has 0 N–H and O–H groups in total. The second kappa shape index (κ2) is 11.9. The van der Waals surface area contributed by atoms with Crippen LogP contribution in [0.5, 0.6) is 11.5 Å². The molecule has 0 bridgehead atoms. The van der Waals surface area contributed by atoms with E-state index in [1.165, 1.54) is 7.11 Å². The number of carbonyl (C=O) groups excluding carboxylic acids is 1. The Morgan fingerprint density at radius 2 is 1.93 bits per heavy atom. The van der Waals surface area contributed by atoms with Crippen LogP contribution in [0.15, 0.2) is 52.5 Å². The van der Waals surface area contributed by atoms with Crippen molar-refractivity contribution in [2.24, 2.45) is 5.11 Å². The van der Waals surface area contributed by atoms with Gasteiger partial charge in [0, 0.05) is 34.8 Å². The van der Waals surface area contributed by atoms with Gasteiger partial charge in [-0.25, -0.2) is 0 Å². The molecule has 2 rings (SSSR count). The number of rotatable bonds is 12. The number of aldehydes is 1. The normalized spacial score (nSPS) is 10.1. The SMILES string of the molecule is COCOc1ccc(OCCCN=[N+]=[N-])c(CSc2ccccc2)c1C=O. The summed E-state index contributed by atoms with van der Waals surface area (Å²) in [5, 5.41) is 3.49. The van der Waals surface area contributed by atoms with Crippen molar-refractivity contribution in [3.8, 4) is 11.5 Å². The van der Waals surface area contributed by atoms with Gasteiger partial charge in [0.15, 0.2) is 13.1 Å². The number of hydrogen-bond acceptors (Lipinski definition) is 6. The van der Waals surface area contributed by atoms with Crippen LogP contribution in [-0.4, -0.2) is 33.3 Å².